The number of hydrogen-bond acceptors (Lipinski definition) is 3. The minimum absolute atomic E-state index is 0.205. The van der Waals surface area contributed by atoms with Crippen LogP contribution in [-0.2, 0) is 14.2 Å². The molecule has 2 fully saturated rings. The second-order valence-electron chi connectivity index (χ2n) is 3.60. The van der Waals surface area contributed by atoms with Crippen molar-refractivity contribution < 1.29 is 14.2 Å². The highest BCUT2D eigenvalue weighted by atomic mass is 16.7. The molecule has 3 nitrogen and oxygen atoms in total. The summed E-state index contributed by atoms with van der Waals surface area (Å²) in [5.41, 5.74) is 0.205. The molecular formula is C8H14O3. The van der Waals surface area contributed by atoms with Crippen LogP contribution in [0.1, 0.15) is 13.3 Å². The quantitative estimate of drug-likeness (QED) is 0.521. The fraction of sp³-hybridized carbons (Fsp3) is 1.00. The lowest BCUT2D eigenvalue weighted by Gasteiger charge is -2.43. The molecule has 2 aliphatic rings. The fourth-order valence-electron chi connectivity index (χ4n) is 1.68. The van der Waals surface area contributed by atoms with Gasteiger partial charge in [0.2, 0.25) is 0 Å². The maximum absolute atomic E-state index is 5.44. The van der Waals surface area contributed by atoms with Gasteiger partial charge in [0, 0.05) is 12.0 Å². The van der Waals surface area contributed by atoms with Gasteiger partial charge in [0.05, 0.1) is 19.3 Å². The normalized spacial score (nSPS) is 45.0. The lowest BCUT2D eigenvalue weighted by atomic mass is 9.80. The summed E-state index contributed by atoms with van der Waals surface area (Å²) in [6, 6.07) is 0. The van der Waals surface area contributed by atoms with E-state index in [-0.39, 0.29) is 11.5 Å². The van der Waals surface area contributed by atoms with Crippen molar-refractivity contribution in [3.05, 3.63) is 0 Å². The first-order chi connectivity index (χ1) is 5.31. The molecule has 2 saturated heterocycles. The largest absolute Gasteiger partial charge is 0.379 e. The fourth-order valence-corrected chi connectivity index (χ4v) is 1.68. The molecule has 0 saturated carbocycles. The first-order valence-corrected chi connectivity index (χ1v) is 4.08. The molecule has 0 aliphatic carbocycles. The molecule has 0 radical (unpaired) electrons. The Balaban J connectivity index is 2.06. The minimum Gasteiger partial charge on any atom is -0.379 e. The van der Waals surface area contributed by atoms with Crippen LogP contribution in [0, 0.1) is 5.41 Å². The molecule has 2 aliphatic heterocycles. The van der Waals surface area contributed by atoms with E-state index in [4.69, 9.17) is 14.2 Å². The second-order valence-corrected chi connectivity index (χ2v) is 3.60. The molecule has 2 rings (SSSR count). The molecule has 3 heteroatoms. The topological polar surface area (TPSA) is 27.7 Å². The first-order valence-electron chi connectivity index (χ1n) is 4.08. The average Bonchev–Trinajstić information content (AvgIpc) is 2.03. The van der Waals surface area contributed by atoms with Crippen LogP contribution >= 0.6 is 0 Å². The third-order valence-corrected chi connectivity index (χ3v) is 2.65. The molecule has 0 aromatic carbocycles. The van der Waals surface area contributed by atoms with E-state index >= 15 is 0 Å². The Morgan fingerprint density at radius 2 is 2.27 bits per heavy atom. The summed E-state index contributed by atoms with van der Waals surface area (Å²) in [4.78, 5) is 0. The first kappa shape index (κ1) is 7.53. The summed E-state index contributed by atoms with van der Waals surface area (Å²) < 4.78 is 16.0. The summed E-state index contributed by atoms with van der Waals surface area (Å²) in [7, 11) is 0. The molecule has 0 aromatic heterocycles. The van der Waals surface area contributed by atoms with E-state index in [1.807, 2.05) is 0 Å². The van der Waals surface area contributed by atoms with E-state index in [0.29, 0.717) is 6.79 Å². The molecule has 0 aromatic rings. The van der Waals surface area contributed by atoms with Crippen LogP contribution in [0.15, 0.2) is 0 Å². The third kappa shape index (κ3) is 1.28. The van der Waals surface area contributed by atoms with Crippen molar-refractivity contribution in [1.82, 2.24) is 0 Å². The van der Waals surface area contributed by atoms with Crippen LogP contribution in [-0.4, -0.2) is 32.7 Å². The Hall–Kier alpha value is -0.120. The van der Waals surface area contributed by atoms with Gasteiger partial charge in [-0.25, -0.2) is 0 Å². The van der Waals surface area contributed by atoms with Gasteiger partial charge >= 0.3 is 0 Å². The Bertz CT molecular complexity index is 134. The highest BCUT2D eigenvalue weighted by Gasteiger charge is 2.40. The van der Waals surface area contributed by atoms with Gasteiger partial charge in [-0.05, 0) is 6.42 Å². The summed E-state index contributed by atoms with van der Waals surface area (Å²) in [6.45, 7) is 5.05. The van der Waals surface area contributed by atoms with Crippen LogP contribution in [0.5, 0.6) is 0 Å². The molecule has 2 heterocycles. The van der Waals surface area contributed by atoms with Crippen LogP contribution in [0.2, 0.25) is 0 Å². The van der Waals surface area contributed by atoms with Crippen molar-refractivity contribution in [2.24, 2.45) is 5.41 Å². The second kappa shape index (κ2) is 2.73. The number of fused-ring (bicyclic) bond motifs is 1. The van der Waals surface area contributed by atoms with Crippen molar-refractivity contribution in [1.29, 1.82) is 0 Å². The molecule has 0 N–H and O–H groups in total. The van der Waals surface area contributed by atoms with Crippen molar-refractivity contribution in [2.45, 2.75) is 19.4 Å². The van der Waals surface area contributed by atoms with Crippen molar-refractivity contribution in [3.63, 3.8) is 0 Å². The molecule has 2 atom stereocenters. The van der Waals surface area contributed by atoms with Gasteiger partial charge in [-0.15, -0.1) is 0 Å². The number of hydrogen-bond donors (Lipinski definition) is 0. The van der Waals surface area contributed by atoms with E-state index in [9.17, 15) is 0 Å². The summed E-state index contributed by atoms with van der Waals surface area (Å²) in [6.07, 6.45) is 1.31. The van der Waals surface area contributed by atoms with E-state index in [0.717, 1.165) is 26.2 Å². The predicted molar refractivity (Wildman–Crippen MR) is 39.2 cm³/mol. The monoisotopic (exact) mass is 158 g/mol. The van der Waals surface area contributed by atoms with Gasteiger partial charge in [0.15, 0.2) is 0 Å². The smallest absolute Gasteiger partial charge is 0.147 e. The minimum atomic E-state index is 0.205. The zero-order chi connectivity index (χ0) is 7.73. The van der Waals surface area contributed by atoms with Gasteiger partial charge in [0.1, 0.15) is 6.79 Å². The standard InChI is InChI=1S/C8H14O3/c1-8-2-3-9-4-7(8)11-6-10-5-8/h7H,2-6H2,1H3. The van der Waals surface area contributed by atoms with Crippen LogP contribution in [0.3, 0.4) is 0 Å². The van der Waals surface area contributed by atoms with Gasteiger partial charge < -0.3 is 14.2 Å². The molecule has 0 spiro atoms. The van der Waals surface area contributed by atoms with Crippen LogP contribution in [0.4, 0.5) is 0 Å². The Labute approximate surface area is 66.6 Å². The maximum Gasteiger partial charge on any atom is 0.147 e. The Morgan fingerprint density at radius 1 is 1.36 bits per heavy atom. The zero-order valence-corrected chi connectivity index (χ0v) is 6.84. The highest BCUT2D eigenvalue weighted by Crippen LogP contribution is 2.34. The number of ether oxygens (including phenoxy) is 3. The van der Waals surface area contributed by atoms with Gasteiger partial charge in [0.25, 0.3) is 0 Å². The molecular weight excluding hydrogens is 144 g/mol. The Morgan fingerprint density at radius 3 is 3.09 bits per heavy atom. The predicted octanol–water partition coefficient (Wildman–Crippen LogP) is 0.786. The Kier molecular flexibility index (Phi) is 1.87. The molecule has 64 valence electrons. The van der Waals surface area contributed by atoms with Gasteiger partial charge in [-0.1, -0.05) is 6.92 Å². The average molecular weight is 158 g/mol. The maximum atomic E-state index is 5.44. The van der Waals surface area contributed by atoms with Gasteiger partial charge in [-0.2, -0.15) is 0 Å². The highest BCUT2D eigenvalue weighted by molar-refractivity contribution is 4.87. The molecule has 2 unspecified atom stereocenters. The lowest BCUT2D eigenvalue weighted by molar-refractivity contribution is -0.240. The summed E-state index contributed by atoms with van der Waals surface area (Å²) in [5.74, 6) is 0. The third-order valence-electron chi connectivity index (χ3n) is 2.65. The zero-order valence-electron chi connectivity index (χ0n) is 6.84. The number of rotatable bonds is 0. The summed E-state index contributed by atoms with van der Waals surface area (Å²) >= 11 is 0. The van der Waals surface area contributed by atoms with E-state index in [1.165, 1.54) is 0 Å². The van der Waals surface area contributed by atoms with Gasteiger partial charge in [-0.3, -0.25) is 0 Å². The van der Waals surface area contributed by atoms with E-state index in [2.05, 4.69) is 6.92 Å². The SMILES string of the molecule is CC12CCOCC1OCOC2. The molecule has 0 amide bonds. The van der Waals surface area contributed by atoms with E-state index in [1.54, 1.807) is 0 Å². The molecule has 0 bridgehead atoms. The van der Waals surface area contributed by atoms with Crippen molar-refractivity contribution >= 4 is 0 Å². The van der Waals surface area contributed by atoms with E-state index < -0.39 is 0 Å². The van der Waals surface area contributed by atoms with Crippen LogP contribution < -0.4 is 0 Å². The lowest BCUT2D eigenvalue weighted by Crippen LogP contribution is -2.49. The van der Waals surface area contributed by atoms with Crippen molar-refractivity contribution in [3.8, 4) is 0 Å². The van der Waals surface area contributed by atoms with Crippen LogP contribution in [0.25, 0.3) is 0 Å². The molecule has 11 heavy (non-hydrogen) atoms. The summed E-state index contributed by atoms with van der Waals surface area (Å²) in [5, 5.41) is 0. The van der Waals surface area contributed by atoms with Crippen molar-refractivity contribution in [2.75, 3.05) is 26.6 Å².